The summed E-state index contributed by atoms with van der Waals surface area (Å²) in [7, 11) is 0. The molecule has 1 saturated carbocycles. The lowest BCUT2D eigenvalue weighted by atomic mass is 9.98. The molecule has 0 atom stereocenters. The van der Waals surface area contributed by atoms with Crippen LogP contribution in [-0.2, 0) is 13.0 Å². The minimum atomic E-state index is -0.709. The summed E-state index contributed by atoms with van der Waals surface area (Å²) in [5.74, 6) is -0.747. The van der Waals surface area contributed by atoms with Gasteiger partial charge in [0.15, 0.2) is 11.5 Å². The van der Waals surface area contributed by atoms with Crippen LogP contribution in [0.2, 0.25) is 0 Å². The molecule has 1 amide bonds. The number of nitrogens with zero attached hydrogens (tertiary/aromatic N) is 1. The first-order valence-corrected chi connectivity index (χ1v) is 11.8. The van der Waals surface area contributed by atoms with E-state index in [0.29, 0.717) is 23.2 Å². The second kappa shape index (κ2) is 11.7. The van der Waals surface area contributed by atoms with Crippen molar-refractivity contribution in [1.82, 2.24) is 9.55 Å². The van der Waals surface area contributed by atoms with Gasteiger partial charge in [-0.3, -0.25) is 14.4 Å². The molecule has 0 saturated heterocycles. The summed E-state index contributed by atoms with van der Waals surface area (Å²) in [6, 6.07) is 10.6. The third kappa shape index (κ3) is 5.75. The molecule has 0 bridgehead atoms. The van der Waals surface area contributed by atoms with Crippen LogP contribution in [0.4, 0.5) is 0 Å². The standard InChI is InChI=1S/C20H21N3O4.C6H12O/c1-3-13-10-14-16(18(27-4-2)17(22-14)19(21)25)20(26)23(13)11-15(24)12-8-6-5-7-9-12;7-6-4-2-1-3-5-6/h5-10,22H,3-4,11H2,1-2H3,(H2,21,25);6-7H,1-5H2. The Hall–Kier alpha value is -3.39. The summed E-state index contributed by atoms with van der Waals surface area (Å²) in [6.45, 7) is 3.82. The Balaban J connectivity index is 0.000000396. The number of aliphatic hydroxyl groups excluding tert-OH is 1. The quantitative estimate of drug-likeness (QED) is 0.458. The van der Waals surface area contributed by atoms with Gasteiger partial charge in [0.2, 0.25) is 0 Å². The molecule has 182 valence electrons. The van der Waals surface area contributed by atoms with E-state index >= 15 is 0 Å². The van der Waals surface area contributed by atoms with Crippen molar-refractivity contribution in [3.63, 3.8) is 0 Å². The fourth-order valence-corrected chi connectivity index (χ4v) is 4.20. The van der Waals surface area contributed by atoms with Gasteiger partial charge in [0.25, 0.3) is 11.5 Å². The third-order valence-corrected chi connectivity index (χ3v) is 5.97. The Kier molecular flexibility index (Phi) is 8.65. The van der Waals surface area contributed by atoms with Gasteiger partial charge in [-0.15, -0.1) is 0 Å². The zero-order chi connectivity index (χ0) is 24.7. The van der Waals surface area contributed by atoms with E-state index in [-0.39, 0.29) is 47.4 Å². The zero-order valence-corrected chi connectivity index (χ0v) is 19.8. The number of aromatic amines is 1. The molecule has 34 heavy (non-hydrogen) atoms. The van der Waals surface area contributed by atoms with E-state index in [0.717, 1.165) is 12.8 Å². The van der Waals surface area contributed by atoms with E-state index in [1.807, 2.05) is 13.0 Å². The molecular formula is C26H33N3O5. The number of fused-ring (bicyclic) bond motifs is 1. The summed E-state index contributed by atoms with van der Waals surface area (Å²) < 4.78 is 6.95. The minimum Gasteiger partial charge on any atom is -0.491 e. The predicted molar refractivity (Wildman–Crippen MR) is 131 cm³/mol. The molecule has 1 aliphatic rings. The summed E-state index contributed by atoms with van der Waals surface area (Å²) in [4.78, 5) is 40.4. The number of carbonyl (C=O) groups is 2. The largest absolute Gasteiger partial charge is 0.491 e. The first-order chi connectivity index (χ1) is 16.4. The molecule has 8 nitrogen and oxygen atoms in total. The van der Waals surface area contributed by atoms with E-state index in [1.54, 1.807) is 37.3 Å². The van der Waals surface area contributed by atoms with Crippen molar-refractivity contribution in [2.24, 2.45) is 5.73 Å². The highest BCUT2D eigenvalue weighted by Gasteiger charge is 2.23. The summed E-state index contributed by atoms with van der Waals surface area (Å²) in [5.41, 5.74) is 6.76. The normalized spacial score (nSPS) is 13.9. The number of pyridine rings is 1. The Labute approximate surface area is 198 Å². The number of nitrogens with two attached hydrogens (primary N) is 1. The topological polar surface area (TPSA) is 127 Å². The highest BCUT2D eigenvalue weighted by molar-refractivity contribution is 6.02. The molecular weight excluding hydrogens is 434 g/mol. The summed E-state index contributed by atoms with van der Waals surface area (Å²) in [6.07, 6.45) is 6.47. The van der Waals surface area contributed by atoms with E-state index in [9.17, 15) is 14.4 Å². The molecule has 0 spiro atoms. The summed E-state index contributed by atoms with van der Waals surface area (Å²) in [5, 5.41) is 9.13. The number of ketones is 1. The number of amides is 1. The molecule has 0 aliphatic heterocycles. The van der Waals surface area contributed by atoms with E-state index in [4.69, 9.17) is 15.6 Å². The van der Waals surface area contributed by atoms with Crippen molar-refractivity contribution >= 4 is 22.6 Å². The molecule has 1 aliphatic carbocycles. The van der Waals surface area contributed by atoms with E-state index in [1.165, 1.54) is 23.8 Å². The number of aryl methyl sites for hydroxylation is 1. The fraction of sp³-hybridized carbons (Fsp3) is 0.423. The van der Waals surface area contributed by atoms with Gasteiger partial charge in [0, 0.05) is 11.3 Å². The Morgan fingerprint density at radius 3 is 2.35 bits per heavy atom. The SMILES string of the molecule is CCOc1c(C(N)=O)[nH]c2cc(CC)n(CC(=O)c3ccccc3)c(=O)c12.OC1CCCCC1. The number of rotatable bonds is 7. The van der Waals surface area contributed by atoms with Gasteiger partial charge in [-0.1, -0.05) is 56.5 Å². The monoisotopic (exact) mass is 467 g/mol. The molecule has 4 rings (SSSR count). The van der Waals surface area contributed by atoms with Crippen LogP contribution < -0.4 is 16.0 Å². The first-order valence-electron chi connectivity index (χ1n) is 11.8. The molecule has 1 fully saturated rings. The van der Waals surface area contributed by atoms with Gasteiger partial charge in [0.05, 0.1) is 24.8 Å². The number of hydrogen-bond donors (Lipinski definition) is 3. The van der Waals surface area contributed by atoms with Crippen molar-refractivity contribution < 1.29 is 19.4 Å². The second-order valence-electron chi connectivity index (χ2n) is 8.38. The van der Waals surface area contributed by atoms with Gasteiger partial charge in [-0.05, 0) is 32.3 Å². The van der Waals surface area contributed by atoms with Crippen molar-refractivity contribution in [3.05, 3.63) is 63.7 Å². The lowest BCUT2D eigenvalue weighted by Crippen LogP contribution is -2.27. The maximum Gasteiger partial charge on any atom is 0.269 e. The Morgan fingerprint density at radius 2 is 1.82 bits per heavy atom. The van der Waals surface area contributed by atoms with Crippen LogP contribution in [0.25, 0.3) is 10.9 Å². The minimum absolute atomic E-state index is 0.0359. The number of H-pyrrole nitrogens is 1. The average molecular weight is 468 g/mol. The van der Waals surface area contributed by atoms with Crippen LogP contribution in [-0.4, -0.2) is 39.1 Å². The van der Waals surface area contributed by atoms with Crippen LogP contribution in [0.15, 0.2) is 41.2 Å². The lowest BCUT2D eigenvalue weighted by Gasteiger charge is -2.14. The van der Waals surface area contributed by atoms with Crippen molar-refractivity contribution in [3.8, 4) is 5.75 Å². The van der Waals surface area contributed by atoms with Crippen molar-refractivity contribution in [2.45, 2.75) is 65.0 Å². The molecule has 4 N–H and O–H groups in total. The highest BCUT2D eigenvalue weighted by atomic mass is 16.5. The molecule has 2 aromatic heterocycles. The van der Waals surface area contributed by atoms with Crippen LogP contribution >= 0.6 is 0 Å². The number of aliphatic hydroxyl groups is 1. The smallest absolute Gasteiger partial charge is 0.269 e. The maximum atomic E-state index is 13.2. The number of nitrogens with one attached hydrogen (secondary N) is 1. The number of primary amides is 1. The average Bonchev–Trinajstić information content (AvgIpc) is 3.21. The van der Waals surface area contributed by atoms with Crippen LogP contribution in [0.5, 0.6) is 5.75 Å². The van der Waals surface area contributed by atoms with Crippen molar-refractivity contribution in [1.29, 1.82) is 0 Å². The van der Waals surface area contributed by atoms with Gasteiger partial charge in [-0.25, -0.2) is 0 Å². The van der Waals surface area contributed by atoms with Gasteiger partial charge in [0.1, 0.15) is 11.1 Å². The number of ether oxygens (including phenoxy) is 1. The molecule has 8 heteroatoms. The Morgan fingerprint density at radius 1 is 1.15 bits per heavy atom. The zero-order valence-electron chi connectivity index (χ0n) is 19.8. The predicted octanol–water partition coefficient (Wildman–Crippen LogP) is 3.58. The number of Topliss-reactive ketones (excluding diaryl/α,β-unsaturated/α-hetero) is 1. The molecule has 0 unspecified atom stereocenters. The lowest BCUT2D eigenvalue weighted by molar-refractivity contribution is 0.0967. The Bertz CT molecular complexity index is 1190. The second-order valence-corrected chi connectivity index (χ2v) is 8.38. The van der Waals surface area contributed by atoms with Gasteiger partial charge < -0.3 is 25.1 Å². The van der Waals surface area contributed by atoms with Crippen LogP contribution in [0.1, 0.15) is 72.5 Å². The molecule has 3 aromatic rings. The van der Waals surface area contributed by atoms with Gasteiger partial charge in [-0.2, -0.15) is 0 Å². The van der Waals surface area contributed by atoms with Crippen LogP contribution in [0, 0.1) is 0 Å². The van der Waals surface area contributed by atoms with Crippen molar-refractivity contribution in [2.75, 3.05) is 6.61 Å². The maximum absolute atomic E-state index is 13.2. The molecule has 0 radical (unpaired) electrons. The van der Waals surface area contributed by atoms with E-state index in [2.05, 4.69) is 4.98 Å². The molecule has 1 aromatic carbocycles. The van der Waals surface area contributed by atoms with Gasteiger partial charge >= 0.3 is 0 Å². The fourth-order valence-electron chi connectivity index (χ4n) is 4.20. The number of aromatic nitrogens is 2. The first kappa shape index (κ1) is 25.2. The summed E-state index contributed by atoms with van der Waals surface area (Å²) >= 11 is 0. The van der Waals surface area contributed by atoms with Crippen LogP contribution in [0.3, 0.4) is 0 Å². The molecule has 2 heterocycles. The number of hydrogen-bond acceptors (Lipinski definition) is 5. The number of benzene rings is 1. The van der Waals surface area contributed by atoms with E-state index < -0.39 is 5.91 Å². The highest BCUT2D eigenvalue weighted by Crippen LogP contribution is 2.28. The third-order valence-electron chi connectivity index (χ3n) is 5.97. The number of carbonyl (C=O) groups excluding carboxylic acids is 2.